The summed E-state index contributed by atoms with van der Waals surface area (Å²) in [5.41, 5.74) is 9.61. The van der Waals surface area contributed by atoms with Crippen molar-refractivity contribution in [3.05, 3.63) is 53.9 Å². The number of para-hydroxylation sites is 1. The van der Waals surface area contributed by atoms with Gasteiger partial charge in [-0.15, -0.1) is 0 Å². The van der Waals surface area contributed by atoms with Crippen LogP contribution in [0.25, 0.3) is 0 Å². The van der Waals surface area contributed by atoms with Crippen LogP contribution in [0.15, 0.2) is 42.6 Å². The third kappa shape index (κ3) is 7.35. The van der Waals surface area contributed by atoms with Gasteiger partial charge in [-0.25, -0.2) is 0 Å². The Hall–Kier alpha value is -3.46. The molecule has 0 aliphatic carbocycles. The third-order valence-corrected chi connectivity index (χ3v) is 7.18. The number of anilines is 2. The summed E-state index contributed by atoms with van der Waals surface area (Å²) in [5, 5.41) is 5.79. The van der Waals surface area contributed by atoms with Crippen LogP contribution in [0.4, 0.5) is 11.4 Å². The first-order chi connectivity index (χ1) is 18.6. The lowest BCUT2D eigenvalue weighted by Gasteiger charge is -2.38. The smallest absolute Gasteiger partial charge is 0.250 e. The molecule has 1 aliphatic rings. The molecule has 212 valence electrons. The average molecular weight is 537 g/mol. The maximum Gasteiger partial charge on any atom is 0.250 e. The summed E-state index contributed by atoms with van der Waals surface area (Å²) in [6.45, 7) is 13.8. The van der Waals surface area contributed by atoms with E-state index in [0.717, 1.165) is 35.7 Å². The Labute approximate surface area is 232 Å². The van der Waals surface area contributed by atoms with Crippen LogP contribution in [0.5, 0.6) is 0 Å². The summed E-state index contributed by atoms with van der Waals surface area (Å²) in [4.78, 5) is 48.6. The van der Waals surface area contributed by atoms with E-state index < -0.39 is 18.1 Å². The van der Waals surface area contributed by atoms with Crippen LogP contribution in [0, 0.1) is 11.8 Å². The van der Waals surface area contributed by atoms with E-state index in [2.05, 4.69) is 34.4 Å². The van der Waals surface area contributed by atoms with Crippen molar-refractivity contribution in [1.29, 1.82) is 0 Å². The number of nitrogens with two attached hydrogens (primary N) is 1. The van der Waals surface area contributed by atoms with Crippen LogP contribution in [0.3, 0.4) is 0 Å². The molecule has 0 fully saturated rings. The number of nitrogens with one attached hydrogen (secondary N) is 2. The standard InChI is InChI=1S/C30H44N6O3/c1-7-35(8-2)25-14-11-12-21-17-24(30(39)36(27(21)25)18-22-13-9-10-15-32-22)34-28(37)23(16-19(3)4)33-29(38)26(31)20(5)6/h9-15,19-20,23-24,26H,7-8,16-18,31H2,1-6H3,(H,33,38)(H,34,37)/t23-,24?,26?/m1/s1. The highest BCUT2D eigenvalue weighted by Crippen LogP contribution is 2.38. The number of aromatic nitrogens is 1. The number of hydrogen-bond acceptors (Lipinski definition) is 6. The molecule has 4 N–H and O–H groups in total. The van der Waals surface area contributed by atoms with E-state index in [1.807, 2.05) is 64.1 Å². The summed E-state index contributed by atoms with van der Waals surface area (Å²) in [6.07, 6.45) is 2.51. The number of carbonyl (C=O) groups is 3. The van der Waals surface area contributed by atoms with Crippen molar-refractivity contribution >= 4 is 29.1 Å². The Bertz CT molecular complexity index is 1130. The number of amides is 3. The van der Waals surface area contributed by atoms with Crippen molar-refractivity contribution in [2.24, 2.45) is 17.6 Å². The second-order valence-electron chi connectivity index (χ2n) is 10.9. The molecule has 9 heteroatoms. The Morgan fingerprint density at radius 3 is 2.38 bits per heavy atom. The third-order valence-electron chi connectivity index (χ3n) is 7.18. The van der Waals surface area contributed by atoms with Gasteiger partial charge in [0.1, 0.15) is 12.1 Å². The van der Waals surface area contributed by atoms with E-state index in [4.69, 9.17) is 5.73 Å². The van der Waals surface area contributed by atoms with Gasteiger partial charge in [0.25, 0.3) is 0 Å². The first-order valence-electron chi connectivity index (χ1n) is 14.0. The molecule has 1 aliphatic heterocycles. The van der Waals surface area contributed by atoms with E-state index in [9.17, 15) is 14.4 Å². The van der Waals surface area contributed by atoms with Crippen LogP contribution >= 0.6 is 0 Å². The monoisotopic (exact) mass is 536 g/mol. The number of rotatable bonds is 12. The van der Waals surface area contributed by atoms with Crippen molar-refractivity contribution < 1.29 is 14.4 Å². The minimum absolute atomic E-state index is 0.0654. The van der Waals surface area contributed by atoms with Crippen molar-refractivity contribution in [2.45, 2.75) is 79.1 Å². The molecule has 2 unspecified atom stereocenters. The molecule has 0 saturated carbocycles. The maximum absolute atomic E-state index is 14.0. The topological polar surface area (TPSA) is 121 Å². The van der Waals surface area contributed by atoms with Gasteiger partial charge in [-0.3, -0.25) is 19.4 Å². The molecule has 3 amide bonds. The summed E-state index contributed by atoms with van der Waals surface area (Å²) < 4.78 is 0. The molecule has 0 saturated heterocycles. The molecular weight excluding hydrogens is 492 g/mol. The highest BCUT2D eigenvalue weighted by molar-refractivity contribution is 6.05. The summed E-state index contributed by atoms with van der Waals surface area (Å²) in [5.74, 6) is -0.866. The second kappa shape index (κ2) is 13.6. The van der Waals surface area contributed by atoms with Crippen LogP contribution in [-0.4, -0.2) is 53.9 Å². The number of fused-ring (bicyclic) bond motifs is 1. The zero-order valence-corrected chi connectivity index (χ0v) is 24.1. The molecule has 2 aromatic rings. The molecule has 0 spiro atoms. The Morgan fingerprint density at radius 1 is 1.08 bits per heavy atom. The number of carbonyl (C=O) groups excluding carboxylic acids is 3. The van der Waals surface area contributed by atoms with E-state index in [1.54, 1.807) is 11.1 Å². The lowest BCUT2D eigenvalue weighted by Crippen LogP contribution is -2.58. The van der Waals surface area contributed by atoms with Crippen LogP contribution in [-0.2, 0) is 27.3 Å². The second-order valence-corrected chi connectivity index (χ2v) is 10.9. The average Bonchev–Trinajstić information content (AvgIpc) is 2.91. The zero-order valence-electron chi connectivity index (χ0n) is 24.1. The zero-order chi connectivity index (χ0) is 28.7. The van der Waals surface area contributed by atoms with Crippen LogP contribution in [0.2, 0.25) is 0 Å². The predicted molar refractivity (Wildman–Crippen MR) is 155 cm³/mol. The fourth-order valence-corrected chi connectivity index (χ4v) is 4.95. The molecule has 39 heavy (non-hydrogen) atoms. The van der Waals surface area contributed by atoms with Gasteiger partial charge in [-0.1, -0.05) is 45.9 Å². The number of benzene rings is 1. The fourth-order valence-electron chi connectivity index (χ4n) is 4.95. The van der Waals surface area contributed by atoms with Crippen LogP contribution < -0.4 is 26.2 Å². The van der Waals surface area contributed by atoms with Crippen molar-refractivity contribution in [2.75, 3.05) is 22.9 Å². The lowest BCUT2D eigenvalue weighted by molar-refractivity contribution is -0.132. The highest BCUT2D eigenvalue weighted by atomic mass is 16.2. The molecular formula is C30H44N6O3. The molecule has 0 bridgehead atoms. The van der Waals surface area contributed by atoms with Crippen molar-refractivity contribution in [1.82, 2.24) is 15.6 Å². The minimum Gasteiger partial charge on any atom is -0.370 e. The Balaban J connectivity index is 1.94. The quantitative estimate of drug-likeness (QED) is 0.384. The normalized spacial score (nSPS) is 16.6. The molecule has 9 nitrogen and oxygen atoms in total. The van der Waals surface area contributed by atoms with E-state index in [-0.39, 0.29) is 36.1 Å². The minimum atomic E-state index is -0.789. The Kier molecular flexibility index (Phi) is 10.5. The SMILES string of the molecule is CCN(CC)c1cccc2c1N(Cc1ccccn1)C(=O)C(NC(=O)[C@@H](CC(C)C)NC(=O)C(N)C(C)C)C2. The van der Waals surface area contributed by atoms with Gasteiger partial charge in [0.05, 0.1) is 29.7 Å². The van der Waals surface area contributed by atoms with Crippen LogP contribution in [0.1, 0.15) is 59.2 Å². The largest absolute Gasteiger partial charge is 0.370 e. The Morgan fingerprint density at radius 2 is 1.79 bits per heavy atom. The highest BCUT2D eigenvalue weighted by Gasteiger charge is 2.37. The number of pyridine rings is 1. The summed E-state index contributed by atoms with van der Waals surface area (Å²) in [6, 6.07) is 9.39. The maximum atomic E-state index is 14.0. The number of nitrogens with zero attached hydrogens (tertiary/aromatic N) is 3. The fraction of sp³-hybridized carbons (Fsp3) is 0.533. The molecule has 0 radical (unpaired) electrons. The first kappa shape index (κ1) is 30.1. The summed E-state index contributed by atoms with van der Waals surface area (Å²) >= 11 is 0. The van der Waals surface area contributed by atoms with E-state index >= 15 is 0 Å². The van der Waals surface area contributed by atoms with Gasteiger partial charge in [-0.05, 0) is 55.9 Å². The van der Waals surface area contributed by atoms with Gasteiger partial charge in [0, 0.05) is 25.7 Å². The van der Waals surface area contributed by atoms with E-state index in [1.165, 1.54) is 0 Å². The van der Waals surface area contributed by atoms with Gasteiger partial charge >= 0.3 is 0 Å². The van der Waals surface area contributed by atoms with Gasteiger partial charge in [-0.2, -0.15) is 0 Å². The summed E-state index contributed by atoms with van der Waals surface area (Å²) in [7, 11) is 0. The number of hydrogen-bond donors (Lipinski definition) is 3. The predicted octanol–water partition coefficient (Wildman–Crippen LogP) is 3.02. The van der Waals surface area contributed by atoms with Crippen molar-refractivity contribution in [3.8, 4) is 0 Å². The van der Waals surface area contributed by atoms with Gasteiger partial charge in [0.15, 0.2) is 0 Å². The molecule has 2 heterocycles. The molecule has 1 aromatic heterocycles. The van der Waals surface area contributed by atoms with Crippen molar-refractivity contribution in [3.63, 3.8) is 0 Å². The first-order valence-corrected chi connectivity index (χ1v) is 14.0. The molecule has 3 atom stereocenters. The lowest BCUT2D eigenvalue weighted by atomic mass is 9.94. The van der Waals surface area contributed by atoms with E-state index in [0.29, 0.717) is 12.8 Å². The van der Waals surface area contributed by atoms with Gasteiger partial charge < -0.3 is 26.2 Å². The van der Waals surface area contributed by atoms with Gasteiger partial charge in [0.2, 0.25) is 17.7 Å². The molecule has 1 aromatic carbocycles. The molecule has 3 rings (SSSR count).